The van der Waals surface area contributed by atoms with Crippen LogP contribution in [0.2, 0.25) is 0 Å². The van der Waals surface area contributed by atoms with Crippen LogP contribution in [0, 0.1) is 11.8 Å². The Hall–Kier alpha value is -6.94. The molecule has 22 N–H and O–H groups in total. The first-order valence-electron chi connectivity index (χ1n) is 24.5. The number of aliphatic carboxylic acids is 1. The van der Waals surface area contributed by atoms with E-state index in [4.69, 9.17) is 34.4 Å². The zero-order chi connectivity index (χ0) is 55.2. The number of H-pyrrole nitrogens is 1. The number of aliphatic imine (C=N–C) groups is 1. The van der Waals surface area contributed by atoms with Gasteiger partial charge in [-0.1, -0.05) is 27.7 Å². The smallest absolute Gasteiger partial charge is 0.326 e. The van der Waals surface area contributed by atoms with Crippen LogP contribution in [0.3, 0.4) is 0 Å². The van der Waals surface area contributed by atoms with Gasteiger partial charge < -0.3 is 87.0 Å². The van der Waals surface area contributed by atoms with Gasteiger partial charge in [-0.05, 0) is 96.1 Å². The molecule has 0 aliphatic carbocycles. The maximum Gasteiger partial charge on any atom is 0.326 e. The molecular formula is C45H81N17O11. The molecule has 28 nitrogen and oxygen atoms in total. The number of nitrogens with one attached hydrogen (secondary N) is 9. The number of nitrogens with two attached hydrogens (primary N) is 6. The lowest BCUT2D eigenvalue weighted by atomic mass is 10.0. The van der Waals surface area contributed by atoms with E-state index in [1.165, 1.54) is 19.4 Å². The van der Waals surface area contributed by atoms with E-state index >= 15 is 0 Å². The number of amides is 9. The molecule has 0 saturated heterocycles. The molecule has 1 aromatic rings. The van der Waals surface area contributed by atoms with Crippen molar-refractivity contribution in [2.75, 3.05) is 26.2 Å². The molecule has 1 aromatic heterocycles. The standard InChI is InChI=1S/C45H81N17O11/c1-24(2)17-32(60-40(68)30(12-7-9-15-47)58-38(66)28(48)19-27-21-52-23-55-27)41(69)56-26(5)37(65)54-22-36(64)57-29(11-6-8-14-46)39(67)62-34(20-35(49)63)43(71)61-33(18-25(3)4)42(70)59-31(44(72)73)13-10-16-53-45(50)51/h21,23-26,28-34H,6-20,22,46-48H2,1-5H3,(H2,49,63)(H,52,55)(H,54,65)(H,56,69)(H,57,64)(H,58,66)(H,59,70)(H,60,68)(H,61,71)(H,62,67)(H,72,73)(H4,50,51,53)/t26-,28-,29-,30-,31-,32-,33-,34-/m0/s1. The average Bonchev–Trinajstić information content (AvgIpc) is 3.82. The van der Waals surface area contributed by atoms with E-state index in [1.807, 2.05) is 13.8 Å². The summed E-state index contributed by atoms with van der Waals surface area (Å²) in [6.07, 6.45) is 4.68. The molecule has 9 amide bonds. The molecule has 73 heavy (non-hydrogen) atoms. The Morgan fingerprint density at radius 2 is 1.07 bits per heavy atom. The highest BCUT2D eigenvalue weighted by molar-refractivity contribution is 5.98. The monoisotopic (exact) mass is 1040 g/mol. The summed E-state index contributed by atoms with van der Waals surface area (Å²) >= 11 is 0. The van der Waals surface area contributed by atoms with Crippen molar-refractivity contribution in [2.24, 2.45) is 51.2 Å². The number of rotatable bonds is 37. The van der Waals surface area contributed by atoms with Crippen molar-refractivity contribution in [3.8, 4) is 0 Å². The molecule has 412 valence electrons. The van der Waals surface area contributed by atoms with Crippen molar-refractivity contribution in [2.45, 2.75) is 160 Å². The zero-order valence-electron chi connectivity index (χ0n) is 42.6. The van der Waals surface area contributed by atoms with Gasteiger partial charge in [-0.15, -0.1) is 0 Å². The van der Waals surface area contributed by atoms with Crippen molar-refractivity contribution < 1.29 is 53.1 Å². The third kappa shape index (κ3) is 26.9. The van der Waals surface area contributed by atoms with Crippen LogP contribution < -0.4 is 76.9 Å². The summed E-state index contributed by atoms with van der Waals surface area (Å²) in [6, 6.07) is -10.1. The number of nitrogens with zero attached hydrogens (tertiary/aromatic N) is 2. The van der Waals surface area contributed by atoms with Crippen molar-refractivity contribution in [1.82, 2.24) is 52.5 Å². The first-order valence-corrected chi connectivity index (χ1v) is 24.5. The fourth-order valence-corrected chi connectivity index (χ4v) is 7.14. The van der Waals surface area contributed by atoms with Gasteiger partial charge in [0.05, 0.1) is 25.3 Å². The van der Waals surface area contributed by atoms with Gasteiger partial charge in [-0.25, -0.2) is 9.78 Å². The van der Waals surface area contributed by atoms with Crippen LogP contribution in [0.1, 0.15) is 111 Å². The normalized spacial score (nSPS) is 14.4. The highest BCUT2D eigenvalue weighted by Crippen LogP contribution is 2.11. The van der Waals surface area contributed by atoms with E-state index in [2.05, 4.69) is 57.5 Å². The van der Waals surface area contributed by atoms with Crippen LogP contribution in [-0.2, 0) is 54.4 Å². The van der Waals surface area contributed by atoms with Crippen molar-refractivity contribution >= 4 is 65.1 Å². The van der Waals surface area contributed by atoms with Crippen LogP contribution in [0.25, 0.3) is 0 Å². The van der Waals surface area contributed by atoms with Crippen LogP contribution in [0.5, 0.6) is 0 Å². The van der Waals surface area contributed by atoms with E-state index in [1.54, 1.807) is 13.8 Å². The first-order chi connectivity index (χ1) is 34.4. The van der Waals surface area contributed by atoms with Crippen molar-refractivity contribution in [3.63, 3.8) is 0 Å². The second-order valence-corrected chi connectivity index (χ2v) is 18.5. The second kappa shape index (κ2) is 34.4. The van der Waals surface area contributed by atoms with Crippen LogP contribution in [-0.4, -0.2) is 155 Å². The molecule has 0 radical (unpaired) electrons. The number of carboxylic acid groups (broad SMARTS) is 1. The quantitative estimate of drug-likeness (QED) is 0.0169. The molecule has 0 unspecified atom stereocenters. The zero-order valence-corrected chi connectivity index (χ0v) is 42.6. The lowest BCUT2D eigenvalue weighted by Gasteiger charge is -2.26. The van der Waals surface area contributed by atoms with E-state index in [0.29, 0.717) is 37.9 Å². The Kier molecular flexibility index (Phi) is 30.2. The minimum absolute atomic E-state index is 0.00324. The Bertz CT molecular complexity index is 1980. The number of hydrogen-bond acceptors (Lipinski definition) is 15. The maximum atomic E-state index is 13.7. The SMILES string of the molecule is CC(C)C[C@H](NC(=O)[C@H](CCCCN)NC(=O)[C@@H](N)Cc1cnc[nH]1)C(=O)N[C@@H](C)C(=O)NCC(=O)N[C@@H](CCCCN)C(=O)N[C@@H](CC(N)=O)C(=O)N[C@@H](CC(C)C)C(=O)N[C@@H](CCCN=C(N)N)C(=O)O. The summed E-state index contributed by atoms with van der Waals surface area (Å²) in [5.74, 6) is -9.28. The number of carboxylic acids is 1. The van der Waals surface area contributed by atoms with E-state index in [-0.39, 0.29) is 75.8 Å². The third-order valence-corrected chi connectivity index (χ3v) is 11.0. The number of guanidine groups is 1. The van der Waals surface area contributed by atoms with Gasteiger partial charge in [0.15, 0.2) is 5.96 Å². The molecule has 0 aromatic carbocycles. The van der Waals surface area contributed by atoms with Crippen molar-refractivity contribution in [3.05, 3.63) is 18.2 Å². The summed E-state index contributed by atoms with van der Waals surface area (Å²) in [7, 11) is 0. The molecular weight excluding hydrogens is 955 g/mol. The number of imidazole rings is 1. The number of hydrogen-bond donors (Lipinski definition) is 16. The fourth-order valence-electron chi connectivity index (χ4n) is 7.14. The first kappa shape index (κ1) is 64.1. The molecule has 0 bridgehead atoms. The highest BCUT2D eigenvalue weighted by Gasteiger charge is 2.34. The van der Waals surface area contributed by atoms with Crippen LogP contribution in [0.4, 0.5) is 0 Å². The summed E-state index contributed by atoms with van der Waals surface area (Å²) in [5.41, 5.74) is 34.1. The Labute approximate surface area is 425 Å². The summed E-state index contributed by atoms with van der Waals surface area (Å²) in [6.45, 7) is 8.48. The maximum absolute atomic E-state index is 13.7. The predicted molar refractivity (Wildman–Crippen MR) is 269 cm³/mol. The number of carbonyl (C=O) groups excluding carboxylic acids is 9. The molecule has 1 rings (SSSR count). The molecule has 0 saturated carbocycles. The molecule has 0 spiro atoms. The lowest BCUT2D eigenvalue weighted by molar-refractivity contribution is -0.142. The van der Waals surface area contributed by atoms with E-state index in [9.17, 15) is 53.1 Å². The predicted octanol–water partition coefficient (Wildman–Crippen LogP) is -4.83. The number of aromatic amines is 1. The minimum atomic E-state index is -1.65. The number of unbranched alkanes of at least 4 members (excludes halogenated alkanes) is 2. The largest absolute Gasteiger partial charge is 0.480 e. The molecule has 0 aliphatic rings. The molecule has 1 heterocycles. The average molecular weight is 1040 g/mol. The molecule has 28 heteroatoms. The van der Waals surface area contributed by atoms with Gasteiger partial charge in [0.25, 0.3) is 0 Å². The molecule has 0 fully saturated rings. The van der Waals surface area contributed by atoms with E-state index < -0.39 is 120 Å². The van der Waals surface area contributed by atoms with Gasteiger partial charge in [0.2, 0.25) is 53.2 Å². The highest BCUT2D eigenvalue weighted by atomic mass is 16.4. The van der Waals surface area contributed by atoms with Crippen LogP contribution in [0.15, 0.2) is 17.5 Å². The van der Waals surface area contributed by atoms with Crippen molar-refractivity contribution in [1.29, 1.82) is 0 Å². The summed E-state index contributed by atoms with van der Waals surface area (Å²) in [5, 5.41) is 29.8. The van der Waals surface area contributed by atoms with Gasteiger partial charge in [0, 0.05) is 24.9 Å². The van der Waals surface area contributed by atoms with Gasteiger partial charge in [-0.2, -0.15) is 0 Å². The Morgan fingerprint density at radius 3 is 1.55 bits per heavy atom. The lowest BCUT2D eigenvalue weighted by Crippen LogP contribution is -2.59. The van der Waals surface area contributed by atoms with E-state index in [0.717, 1.165) is 0 Å². The summed E-state index contributed by atoms with van der Waals surface area (Å²) < 4.78 is 0. The fraction of sp³-hybridized carbons (Fsp3) is 0.689. The molecule has 0 aliphatic heterocycles. The van der Waals surface area contributed by atoms with Gasteiger partial charge in [-0.3, -0.25) is 48.1 Å². The Morgan fingerprint density at radius 1 is 0.603 bits per heavy atom. The molecule has 8 atom stereocenters. The minimum Gasteiger partial charge on any atom is -0.480 e. The third-order valence-electron chi connectivity index (χ3n) is 11.0. The van der Waals surface area contributed by atoms with Gasteiger partial charge >= 0.3 is 5.97 Å². The van der Waals surface area contributed by atoms with Gasteiger partial charge in [0.1, 0.15) is 42.3 Å². The number of aromatic nitrogens is 2. The number of carbonyl (C=O) groups is 10. The number of primary amides is 1. The van der Waals surface area contributed by atoms with Crippen LogP contribution >= 0.6 is 0 Å². The topological polar surface area (TPSA) is 484 Å². The second-order valence-electron chi connectivity index (χ2n) is 18.5. The Balaban J connectivity index is 3.10. The summed E-state index contributed by atoms with van der Waals surface area (Å²) in [4.78, 5) is 142.